The average Bonchev–Trinajstić information content (AvgIpc) is 2.59. The van der Waals surface area contributed by atoms with Crippen LogP contribution in [0.5, 0.6) is 0 Å². The van der Waals surface area contributed by atoms with E-state index in [9.17, 15) is 9.59 Å². The molecule has 0 spiro atoms. The van der Waals surface area contributed by atoms with Crippen LogP contribution in [0.4, 0.5) is 0 Å². The summed E-state index contributed by atoms with van der Waals surface area (Å²) in [6.45, 7) is 5.56. The van der Waals surface area contributed by atoms with Crippen LogP contribution in [0.25, 0.3) is 0 Å². The number of carbonyl (C=O) groups is 2. The standard InChI is InChI=1S/C19H34ClNO4/c1-3-5-7-9-13-24-18(22)15-17(21-12-11-20)16-19(23)25-14-10-8-6-4-2/h15,21H,3-14,16H2,1-2H3/b17-15-. The smallest absolute Gasteiger partial charge is 0.332 e. The zero-order valence-corrected chi connectivity index (χ0v) is 16.5. The van der Waals surface area contributed by atoms with Crippen molar-refractivity contribution in [3.63, 3.8) is 0 Å². The van der Waals surface area contributed by atoms with Crippen molar-refractivity contribution in [3.8, 4) is 0 Å². The lowest BCUT2D eigenvalue weighted by Crippen LogP contribution is -2.21. The van der Waals surface area contributed by atoms with Crippen molar-refractivity contribution in [2.45, 2.75) is 71.6 Å². The molecular formula is C19H34ClNO4. The van der Waals surface area contributed by atoms with Gasteiger partial charge in [0.2, 0.25) is 0 Å². The topological polar surface area (TPSA) is 64.6 Å². The Kier molecular flexibility index (Phi) is 16.7. The lowest BCUT2D eigenvalue weighted by Gasteiger charge is -2.10. The van der Waals surface area contributed by atoms with Crippen molar-refractivity contribution in [2.24, 2.45) is 0 Å². The summed E-state index contributed by atoms with van der Waals surface area (Å²) in [5.74, 6) is -0.403. The fourth-order valence-electron chi connectivity index (χ4n) is 2.18. The predicted octanol–water partition coefficient (Wildman–Crippen LogP) is 4.34. The van der Waals surface area contributed by atoms with E-state index in [1.807, 2.05) is 0 Å². The molecule has 0 aliphatic heterocycles. The molecule has 0 aromatic heterocycles. The molecule has 0 amide bonds. The van der Waals surface area contributed by atoms with Gasteiger partial charge in [-0.25, -0.2) is 4.79 Å². The molecule has 0 bridgehead atoms. The number of ether oxygens (including phenoxy) is 2. The first-order valence-corrected chi connectivity index (χ1v) is 10.00. The summed E-state index contributed by atoms with van der Waals surface area (Å²) in [6, 6.07) is 0. The molecule has 0 atom stereocenters. The van der Waals surface area contributed by atoms with E-state index in [2.05, 4.69) is 19.2 Å². The normalized spacial score (nSPS) is 11.2. The average molecular weight is 376 g/mol. The SMILES string of the molecule is CCCCCCOC(=O)/C=C(/CC(=O)OCCCCCC)NCCCl. The Morgan fingerprint density at radius 1 is 0.920 bits per heavy atom. The van der Waals surface area contributed by atoms with Gasteiger partial charge in [-0.05, 0) is 12.8 Å². The van der Waals surface area contributed by atoms with Crippen molar-refractivity contribution in [3.05, 3.63) is 11.8 Å². The highest BCUT2D eigenvalue weighted by Gasteiger charge is 2.10. The maximum absolute atomic E-state index is 11.9. The van der Waals surface area contributed by atoms with E-state index in [1.165, 1.54) is 6.08 Å². The first-order valence-electron chi connectivity index (χ1n) is 9.46. The second kappa shape index (κ2) is 17.6. The Balaban J connectivity index is 4.22. The maximum Gasteiger partial charge on any atom is 0.332 e. The summed E-state index contributed by atoms with van der Waals surface area (Å²) in [5.41, 5.74) is 0.484. The molecule has 6 heteroatoms. The van der Waals surface area contributed by atoms with Crippen LogP contribution >= 0.6 is 11.6 Å². The zero-order valence-electron chi connectivity index (χ0n) is 15.8. The molecule has 0 aromatic rings. The third kappa shape index (κ3) is 16.0. The molecule has 146 valence electrons. The van der Waals surface area contributed by atoms with Crippen LogP contribution in [-0.2, 0) is 19.1 Å². The van der Waals surface area contributed by atoms with Gasteiger partial charge in [-0.3, -0.25) is 4.79 Å². The molecule has 1 N–H and O–H groups in total. The summed E-state index contributed by atoms with van der Waals surface area (Å²) in [6.07, 6.45) is 9.75. The van der Waals surface area contributed by atoms with E-state index >= 15 is 0 Å². The van der Waals surface area contributed by atoms with Gasteiger partial charge in [0, 0.05) is 24.2 Å². The van der Waals surface area contributed by atoms with Gasteiger partial charge in [-0.15, -0.1) is 11.6 Å². The Labute approximate surface area is 157 Å². The summed E-state index contributed by atoms with van der Waals surface area (Å²) >= 11 is 5.66. The number of halogens is 1. The molecule has 25 heavy (non-hydrogen) atoms. The molecule has 0 unspecified atom stereocenters. The first kappa shape index (κ1) is 23.8. The third-order valence-electron chi connectivity index (χ3n) is 3.58. The molecule has 0 radical (unpaired) electrons. The predicted molar refractivity (Wildman–Crippen MR) is 102 cm³/mol. The fourth-order valence-corrected chi connectivity index (χ4v) is 2.27. The van der Waals surface area contributed by atoms with Gasteiger partial charge in [0.25, 0.3) is 0 Å². The van der Waals surface area contributed by atoms with E-state index in [4.69, 9.17) is 21.1 Å². The molecule has 0 aromatic carbocycles. The van der Waals surface area contributed by atoms with Crippen molar-refractivity contribution in [1.82, 2.24) is 5.32 Å². The number of rotatable bonds is 16. The molecule has 5 nitrogen and oxygen atoms in total. The zero-order chi connectivity index (χ0) is 18.8. The van der Waals surface area contributed by atoms with E-state index in [-0.39, 0.29) is 12.4 Å². The van der Waals surface area contributed by atoms with E-state index in [1.54, 1.807) is 0 Å². The second-order valence-corrected chi connectivity index (χ2v) is 6.35. The number of unbranched alkanes of at least 4 members (excludes halogenated alkanes) is 6. The van der Waals surface area contributed by atoms with Crippen molar-refractivity contribution in [1.29, 1.82) is 0 Å². The molecule has 0 rings (SSSR count). The summed E-state index contributed by atoms with van der Waals surface area (Å²) < 4.78 is 10.4. The van der Waals surface area contributed by atoms with Crippen LogP contribution in [0, 0.1) is 0 Å². The lowest BCUT2D eigenvalue weighted by molar-refractivity contribution is -0.143. The number of hydrogen-bond donors (Lipinski definition) is 1. The monoisotopic (exact) mass is 375 g/mol. The number of nitrogens with one attached hydrogen (secondary N) is 1. The molecule has 0 saturated carbocycles. The molecular weight excluding hydrogens is 342 g/mol. The minimum Gasteiger partial charge on any atom is -0.465 e. The number of alkyl halides is 1. The van der Waals surface area contributed by atoms with E-state index < -0.39 is 5.97 Å². The fraction of sp³-hybridized carbons (Fsp3) is 0.789. The van der Waals surface area contributed by atoms with Gasteiger partial charge < -0.3 is 14.8 Å². The number of carbonyl (C=O) groups excluding carboxylic acids is 2. The van der Waals surface area contributed by atoms with Crippen molar-refractivity contribution < 1.29 is 19.1 Å². The van der Waals surface area contributed by atoms with Crippen molar-refractivity contribution >= 4 is 23.5 Å². The van der Waals surface area contributed by atoms with Gasteiger partial charge in [-0.1, -0.05) is 52.4 Å². The maximum atomic E-state index is 11.9. The number of hydrogen-bond acceptors (Lipinski definition) is 5. The van der Waals surface area contributed by atoms with E-state index in [0.29, 0.717) is 31.3 Å². The lowest BCUT2D eigenvalue weighted by atomic mass is 10.2. The molecule has 0 saturated heterocycles. The first-order chi connectivity index (χ1) is 12.1. The third-order valence-corrected chi connectivity index (χ3v) is 3.77. The molecule has 0 heterocycles. The van der Waals surface area contributed by atoms with Crippen LogP contribution in [0.3, 0.4) is 0 Å². The van der Waals surface area contributed by atoms with Crippen molar-refractivity contribution in [2.75, 3.05) is 25.6 Å². The summed E-state index contributed by atoms with van der Waals surface area (Å²) in [4.78, 5) is 23.7. The van der Waals surface area contributed by atoms with Crippen LogP contribution in [0.15, 0.2) is 11.8 Å². The van der Waals surface area contributed by atoms with Gasteiger partial charge in [-0.2, -0.15) is 0 Å². The molecule has 0 aliphatic carbocycles. The largest absolute Gasteiger partial charge is 0.465 e. The second-order valence-electron chi connectivity index (χ2n) is 5.97. The quantitative estimate of drug-likeness (QED) is 0.188. The Morgan fingerprint density at radius 2 is 1.52 bits per heavy atom. The van der Waals surface area contributed by atoms with Crippen LogP contribution in [0.2, 0.25) is 0 Å². The van der Waals surface area contributed by atoms with Crippen LogP contribution in [-0.4, -0.2) is 37.6 Å². The molecule has 0 aliphatic rings. The minimum absolute atomic E-state index is 0.0234. The Bertz CT molecular complexity index is 386. The minimum atomic E-state index is -0.440. The van der Waals surface area contributed by atoms with Crippen LogP contribution < -0.4 is 5.32 Å². The van der Waals surface area contributed by atoms with E-state index in [0.717, 1.165) is 51.4 Å². The van der Waals surface area contributed by atoms with Gasteiger partial charge in [0.05, 0.1) is 19.6 Å². The Hall–Kier alpha value is -1.23. The van der Waals surface area contributed by atoms with Gasteiger partial charge in [0.15, 0.2) is 0 Å². The van der Waals surface area contributed by atoms with Gasteiger partial charge in [0.1, 0.15) is 0 Å². The highest BCUT2D eigenvalue weighted by molar-refractivity contribution is 6.18. The highest BCUT2D eigenvalue weighted by atomic mass is 35.5. The summed E-state index contributed by atoms with van der Waals surface area (Å²) in [7, 11) is 0. The Morgan fingerprint density at radius 3 is 2.08 bits per heavy atom. The van der Waals surface area contributed by atoms with Gasteiger partial charge >= 0.3 is 11.9 Å². The summed E-state index contributed by atoms with van der Waals surface area (Å²) in [5, 5.41) is 2.98. The number of esters is 2. The van der Waals surface area contributed by atoms with Crippen LogP contribution in [0.1, 0.15) is 71.6 Å². The highest BCUT2D eigenvalue weighted by Crippen LogP contribution is 2.05. The molecule has 0 fully saturated rings.